The summed E-state index contributed by atoms with van der Waals surface area (Å²) in [6.07, 6.45) is 2.76. The van der Waals surface area contributed by atoms with Crippen molar-refractivity contribution < 1.29 is 16.3 Å². The van der Waals surface area contributed by atoms with Gasteiger partial charge in [-0.15, -0.1) is 5.56 Å². The van der Waals surface area contributed by atoms with E-state index < -0.39 is 0 Å². The van der Waals surface area contributed by atoms with Crippen LogP contribution in [0.5, 0.6) is 0 Å². The molecule has 16 heavy (non-hydrogen) atoms. The van der Waals surface area contributed by atoms with Crippen LogP contribution in [0, 0.1) is 12.0 Å². The zero-order chi connectivity index (χ0) is 11.8. The van der Waals surface area contributed by atoms with Gasteiger partial charge >= 0.3 is 30.0 Å². The molecule has 3 heteroatoms. The second-order valence-electron chi connectivity index (χ2n) is 4.39. The summed E-state index contributed by atoms with van der Waals surface area (Å²) in [5, 5.41) is 0. The van der Waals surface area contributed by atoms with Crippen LogP contribution in [-0.4, -0.2) is 18.0 Å². The third-order valence-corrected chi connectivity index (χ3v) is 2.92. The minimum absolute atomic E-state index is 0.872. The topological polar surface area (TPSA) is 3.24 Å². The maximum absolute atomic E-state index is 3.14. The molecule has 0 radical (unpaired) electrons. The Morgan fingerprint density at radius 2 is 2.38 bits per heavy atom. The van der Waals surface area contributed by atoms with Gasteiger partial charge in [0.15, 0.2) is 0 Å². The van der Waals surface area contributed by atoms with Gasteiger partial charge in [-0.3, -0.25) is 0 Å². The summed E-state index contributed by atoms with van der Waals surface area (Å²) in [6.45, 7) is 5.97. The Morgan fingerprint density at radius 1 is 1.56 bits per heavy atom. The van der Waals surface area contributed by atoms with Crippen LogP contribution in [0.3, 0.4) is 0 Å². The third kappa shape index (κ3) is 5.08. The average Bonchev–Trinajstić information content (AvgIpc) is 2.33. The predicted molar refractivity (Wildman–Crippen MR) is 67.9 cm³/mol. The predicted octanol–water partition coefficient (Wildman–Crippen LogP) is 3.56. The van der Waals surface area contributed by atoms with Crippen LogP contribution in [0.25, 0.3) is 0 Å². The van der Waals surface area contributed by atoms with Gasteiger partial charge in [-0.05, 0) is 38.4 Å². The number of likely N-dealkylation sites (tertiary alicyclic amines) is 1. The van der Waals surface area contributed by atoms with Crippen molar-refractivity contribution in [3.05, 3.63) is 35.9 Å². The fourth-order valence-corrected chi connectivity index (χ4v) is 2.22. The standard InChI is InChI=1S/C13H18N.BrH.Zn/c1-12-6-5-9-14(10-12)11-13-7-3-2-4-8-13;;/h2-3,7-8,12H,5-6,9-11H2,1H3;1H;/q-1;;+2/p-1. The number of benzene rings is 1. The first-order chi connectivity index (χ1) is 7.84. The first kappa shape index (κ1) is 14.3. The molecular formula is C13H18BrNZn. The summed E-state index contributed by atoms with van der Waals surface area (Å²) in [7, 11) is 0. The second-order valence-corrected chi connectivity index (χ2v) is 4.39. The van der Waals surface area contributed by atoms with Gasteiger partial charge < -0.3 is 4.90 Å². The Bertz CT molecular complexity index is 279. The van der Waals surface area contributed by atoms with Crippen molar-refractivity contribution in [2.24, 2.45) is 5.92 Å². The molecule has 1 heterocycles. The van der Waals surface area contributed by atoms with Crippen LogP contribution in [0.2, 0.25) is 0 Å². The van der Waals surface area contributed by atoms with Crippen LogP contribution in [-0.2, 0) is 22.9 Å². The SMILES string of the molecule is CC1CCCN(Cc2c[c-]ccc2)C1.[Zn+][Br]. The first-order valence-electron chi connectivity index (χ1n) is 5.78. The summed E-state index contributed by atoms with van der Waals surface area (Å²) >= 11 is 4.25. The molecule has 84 valence electrons. The van der Waals surface area contributed by atoms with Crippen molar-refractivity contribution in [1.82, 2.24) is 4.90 Å². The average molecular weight is 334 g/mol. The summed E-state index contributed by atoms with van der Waals surface area (Å²) in [5.41, 5.74) is 1.39. The number of halogens is 1. The number of nitrogens with zero attached hydrogens (tertiary/aromatic N) is 1. The van der Waals surface area contributed by atoms with Gasteiger partial charge in [0.2, 0.25) is 0 Å². The van der Waals surface area contributed by atoms with Crippen LogP contribution >= 0.6 is 13.6 Å². The molecule has 0 N–H and O–H groups in total. The quantitative estimate of drug-likeness (QED) is 0.591. The Labute approximate surface area is 116 Å². The fourth-order valence-electron chi connectivity index (χ4n) is 2.22. The van der Waals surface area contributed by atoms with Crippen molar-refractivity contribution in [3.63, 3.8) is 0 Å². The Balaban J connectivity index is 0.000000606. The van der Waals surface area contributed by atoms with Crippen molar-refractivity contribution in [3.8, 4) is 0 Å². The Kier molecular flexibility index (Phi) is 7.52. The molecule has 1 aromatic carbocycles. The number of piperidine rings is 1. The third-order valence-electron chi connectivity index (χ3n) is 2.92. The van der Waals surface area contributed by atoms with E-state index in [9.17, 15) is 0 Å². The van der Waals surface area contributed by atoms with Gasteiger partial charge in [-0.1, -0.05) is 6.92 Å². The molecule has 1 atom stereocenters. The summed E-state index contributed by atoms with van der Waals surface area (Å²) < 4.78 is 0. The monoisotopic (exact) mass is 331 g/mol. The van der Waals surface area contributed by atoms with Crippen LogP contribution in [0.4, 0.5) is 0 Å². The van der Waals surface area contributed by atoms with Gasteiger partial charge in [-0.25, -0.2) is 0 Å². The molecule has 0 amide bonds. The zero-order valence-corrected chi connectivity index (χ0v) is 14.5. The molecule has 1 aliphatic heterocycles. The van der Waals surface area contributed by atoms with Crippen molar-refractivity contribution >= 4 is 13.6 Å². The van der Waals surface area contributed by atoms with Crippen molar-refractivity contribution in [2.45, 2.75) is 26.3 Å². The normalized spacial score (nSPS) is 21.1. The molecule has 1 aromatic rings. The molecule has 0 aliphatic carbocycles. The molecule has 1 nitrogen and oxygen atoms in total. The van der Waals surface area contributed by atoms with E-state index in [1.54, 1.807) is 0 Å². The van der Waals surface area contributed by atoms with Crippen LogP contribution < -0.4 is 0 Å². The molecule has 1 fully saturated rings. The molecule has 2 rings (SSSR count). The van der Waals surface area contributed by atoms with Crippen LogP contribution in [0.1, 0.15) is 25.3 Å². The van der Waals surface area contributed by atoms with Gasteiger partial charge in [0.05, 0.1) is 0 Å². The van der Waals surface area contributed by atoms with E-state index in [4.69, 9.17) is 0 Å². The van der Waals surface area contributed by atoms with Gasteiger partial charge in [0, 0.05) is 0 Å². The number of hydrogen-bond acceptors (Lipinski definition) is 1. The Hall–Kier alpha value is 0.283. The van der Waals surface area contributed by atoms with E-state index >= 15 is 0 Å². The fraction of sp³-hybridized carbons (Fsp3) is 0.538. The molecular weight excluding hydrogens is 315 g/mol. The van der Waals surface area contributed by atoms with E-state index in [1.165, 1.54) is 47.8 Å². The summed E-state index contributed by atoms with van der Waals surface area (Å²) in [6, 6.07) is 11.5. The second kappa shape index (κ2) is 8.39. The molecule has 1 aliphatic rings. The molecule has 1 unspecified atom stereocenters. The van der Waals surface area contributed by atoms with E-state index in [1.807, 2.05) is 6.07 Å². The maximum atomic E-state index is 3.14. The number of hydrogen-bond donors (Lipinski definition) is 0. The van der Waals surface area contributed by atoms with E-state index in [0.717, 1.165) is 12.5 Å². The zero-order valence-electron chi connectivity index (χ0n) is 9.95. The van der Waals surface area contributed by atoms with Crippen molar-refractivity contribution in [2.75, 3.05) is 13.1 Å². The van der Waals surface area contributed by atoms with Crippen molar-refractivity contribution in [1.29, 1.82) is 0 Å². The van der Waals surface area contributed by atoms with E-state index in [-0.39, 0.29) is 0 Å². The van der Waals surface area contributed by atoms with Gasteiger partial charge in [0.25, 0.3) is 0 Å². The molecule has 0 spiro atoms. The van der Waals surface area contributed by atoms with Gasteiger partial charge in [-0.2, -0.15) is 30.3 Å². The summed E-state index contributed by atoms with van der Waals surface area (Å²) in [5.74, 6) is 0.872. The van der Waals surface area contributed by atoms with E-state index in [0.29, 0.717) is 0 Å². The summed E-state index contributed by atoms with van der Waals surface area (Å²) in [4.78, 5) is 2.55. The molecule has 0 aromatic heterocycles. The Morgan fingerprint density at radius 3 is 3.00 bits per heavy atom. The van der Waals surface area contributed by atoms with E-state index in [2.05, 4.69) is 49.7 Å². The van der Waals surface area contributed by atoms with Crippen LogP contribution in [0.15, 0.2) is 24.3 Å². The molecule has 0 bridgehead atoms. The molecule has 1 saturated heterocycles. The number of rotatable bonds is 2. The molecule has 0 saturated carbocycles. The van der Waals surface area contributed by atoms with Gasteiger partial charge in [0.1, 0.15) is 0 Å². The first-order valence-corrected chi connectivity index (χ1v) is 12.7. The minimum atomic E-state index is 0.872.